The maximum Gasteiger partial charge on any atom is 0.459 e. The van der Waals surface area contributed by atoms with Gasteiger partial charge in [-0.25, -0.2) is 14.1 Å². The van der Waals surface area contributed by atoms with Gasteiger partial charge in [-0.3, -0.25) is 9.32 Å². The Bertz CT molecular complexity index is 1460. The molecule has 3 aromatic rings. The van der Waals surface area contributed by atoms with Crippen molar-refractivity contribution in [2.24, 2.45) is 5.92 Å². The Kier molecular flexibility index (Phi) is 9.83. The van der Waals surface area contributed by atoms with Gasteiger partial charge in [-0.05, 0) is 37.1 Å². The van der Waals surface area contributed by atoms with Crippen molar-refractivity contribution in [3.63, 3.8) is 0 Å². The van der Waals surface area contributed by atoms with E-state index in [4.69, 9.17) is 24.3 Å². The number of nitrogens with zero attached hydrogens (tertiary/aromatic N) is 4. The SMILES string of the molecule is CCC(CC)COC(=O)C(C)NP(=O)(OCC1OC(C#N)(c2ccc3c(N)ncnn23)C(O)C1O)Oc1ccccc1. The number of rotatable bonds is 13. The van der Waals surface area contributed by atoms with Gasteiger partial charge in [0, 0.05) is 0 Å². The van der Waals surface area contributed by atoms with E-state index in [1.807, 2.05) is 19.9 Å². The highest BCUT2D eigenvalue weighted by atomic mass is 31.2. The summed E-state index contributed by atoms with van der Waals surface area (Å²) >= 11 is 0. The van der Waals surface area contributed by atoms with E-state index in [1.165, 1.54) is 23.8 Å². The molecule has 1 aliphatic heterocycles. The second-order valence-corrected chi connectivity index (χ2v) is 11.7. The first kappa shape index (κ1) is 31.4. The zero-order valence-electron chi connectivity index (χ0n) is 23.5. The van der Waals surface area contributed by atoms with Gasteiger partial charge in [-0.2, -0.15) is 15.4 Å². The molecule has 0 spiro atoms. The fourth-order valence-corrected chi connectivity index (χ4v) is 6.07. The molecule has 0 bridgehead atoms. The molecule has 0 saturated carbocycles. The van der Waals surface area contributed by atoms with E-state index in [0.29, 0.717) is 5.52 Å². The lowest BCUT2D eigenvalue weighted by molar-refractivity contribution is -0.146. The van der Waals surface area contributed by atoms with Crippen LogP contribution in [0, 0.1) is 17.2 Å². The van der Waals surface area contributed by atoms with E-state index in [-0.39, 0.29) is 29.8 Å². The number of hydrogen-bond donors (Lipinski definition) is 4. The Morgan fingerprint density at radius 1 is 1.26 bits per heavy atom. The first-order chi connectivity index (χ1) is 20.1. The van der Waals surface area contributed by atoms with E-state index in [0.717, 1.165) is 12.8 Å². The second kappa shape index (κ2) is 13.2. The topological polar surface area (TPSA) is 204 Å². The van der Waals surface area contributed by atoms with Gasteiger partial charge in [0.25, 0.3) is 0 Å². The number of nitrogens with two attached hydrogens (primary N) is 1. The number of nitrogens with one attached hydrogen (secondary N) is 1. The first-order valence-corrected chi connectivity index (χ1v) is 15.1. The molecule has 1 fully saturated rings. The number of para-hydroxylation sites is 1. The summed E-state index contributed by atoms with van der Waals surface area (Å²) in [4.78, 5) is 16.6. The lowest BCUT2D eigenvalue weighted by atomic mass is 9.92. The number of carbonyl (C=O) groups is 1. The van der Waals surface area contributed by atoms with Crippen molar-refractivity contribution in [3.8, 4) is 11.8 Å². The number of nitriles is 1. The highest BCUT2D eigenvalue weighted by molar-refractivity contribution is 7.52. The van der Waals surface area contributed by atoms with Gasteiger partial charge < -0.3 is 29.9 Å². The Labute approximate surface area is 242 Å². The zero-order valence-corrected chi connectivity index (χ0v) is 24.4. The summed E-state index contributed by atoms with van der Waals surface area (Å²) in [5, 5.41) is 38.7. The molecule has 1 aromatic carbocycles. The minimum atomic E-state index is -4.32. The summed E-state index contributed by atoms with van der Waals surface area (Å²) in [6, 6.07) is 12.0. The third kappa shape index (κ3) is 6.42. The summed E-state index contributed by atoms with van der Waals surface area (Å²) < 4.78 is 37.8. The molecule has 5 N–H and O–H groups in total. The number of hydrogen-bond acceptors (Lipinski definition) is 12. The van der Waals surface area contributed by atoms with Crippen LogP contribution in [0.15, 0.2) is 48.8 Å². The molecular formula is C27H35N6O8P. The van der Waals surface area contributed by atoms with Gasteiger partial charge in [0.1, 0.15) is 48.0 Å². The van der Waals surface area contributed by atoms with Crippen LogP contribution in [0.5, 0.6) is 5.75 Å². The van der Waals surface area contributed by atoms with Crippen LogP contribution in [-0.2, 0) is 29.0 Å². The highest BCUT2D eigenvalue weighted by Gasteiger charge is 2.58. The normalized spacial score (nSPS) is 24.3. The fourth-order valence-electron chi connectivity index (χ4n) is 4.57. The van der Waals surface area contributed by atoms with Crippen LogP contribution in [0.3, 0.4) is 0 Å². The van der Waals surface area contributed by atoms with Crippen LogP contribution < -0.4 is 15.3 Å². The van der Waals surface area contributed by atoms with Crippen molar-refractivity contribution in [2.45, 2.75) is 63.6 Å². The second-order valence-electron chi connectivity index (χ2n) is 9.96. The predicted octanol–water partition coefficient (Wildman–Crippen LogP) is 2.31. The number of aliphatic hydroxyl groups is 2. The molecule has 0 aliphatic carbocycles. The molecule has 0 radical (unpaired) electrons. The van der Waals surface area contributed by atoms with Crippen molar-refractivity contribution in [2.75, 3.05) is 18.9 Å². The number of aromatic nitrogens is 3. The summed E-state index contributed by atoms with van der Waals surface area (Å²) in [7, 11) is -4.32. The third-order valence-corrected chi connectivity index (χ3v) is 8.83. The number of esters is 1. The molecule has 6 atom stereocenters. The van der Waals surface area contributed by atoms with Gasteiger partial charge in [-0.1, -0.05) is 44.9 Å². The number of carbonyl (C=O) groups excluding carboxylic acids is 1. The van der Waals surface area contributed by atoms with Gasteiger partial charge in [0.05, 0.1) is 18.9 Å². The average molecular weight is 603 g/mol. The summed E-state index contributed by atoms with van der Waals surface area (Å²) in [6.07, 6.45) is -1.87. The largest absolute Gasteiger partial charge is 0.464 e. The molecule has 14 nitrogen and oxygen atoms in total. The third-order valence-electron chi connectivity index (χ3n) is 7.19. The predicted molar refractivity (Wildman–Crippen MR) is 150 cm³/mol. The summed E-state index contributed by atoms with van der Waals surface area (Å²) in [5.41, 5.74) is 4.28. The van der Waals surface area contributed by atoms with Crippen LogP contribution in [-0.4, -0.2) is 68.3 Å². The van der Waals surface area contributed by atoms with Crippen LogP contribution in [0.4, 0.5) is 5.82 Å². The van der Waals surface area contributed by atoms with Crippen molar-refractivity contribution >= 4 is 25.1 Å². The zero-order chi connectivity index (χ0) is 30.5. The Balaban J connectivity index is 1.53. The quantitative estimate of drug-likeness (QED) is 0.164. The molecule has 42 heavy (non-hydrogen) atoms. The van der Waals surface area contributed by atoms with E-state index >= 15 is 0 Å². The van der Waals surface area contributed by atoms with Crippen LogP contribution in [0.2, 0.25) is 0 Å². The van der Waals surface area contributed by atoms with Crippen molar-refractivity contribution < 1.29 is 38.1 Å². The number of nitrogen functional groups attached to an aromatic ring is 1. The van der Waals surface area contributed by atoms with Crippen molar-refractivity contribution in [1.29, 1.82) is 5.26 Å². The monoisotopic (exact) mass is 602 g/mol. The number of fused-ring (bicyclic) bond motifs is 1. The Hall–Kier alpha value is -3.57. The lowest BCUT2D eigenvalue weighted by Gasteiger charge is -2.25. The van der Waals surface area contributed by atoms with Crippen LogP contribution in [0.1, 0.15) is 39.3 Å². The van der Waals surface area contributed by atoms with Crippen LogP contribution in [0.25, 0.3) is 5.52 Å². The van der Waals surface area contributed by atoms with Gasteiger partial charge in [-0.15, -0.1) is 0 Å². The Morgan fingerprint density at radius 3 is 2.64 bits per heavy atom. The minimum Gasteiger partial charge on any atom is -0.464 e. The fraction of sp³-hybridized carbons (Fsp3) is 0.481. The molecule has 4 rings (SSSR count). The van der Waals surface area contributed by atoms with Gasteiger partial charge >= 0.3 is 13.7 Å². The van der Waals surface area contributed by atoms with Gasteiger partial charge in [0.15, 0.2) is 5.82 Å². The van der Waals surface area contributed by atoms with E-state index in [9.17, 15) is 24.8 Å². The van der Waals surface area contributed by atoms with E-state index < -0.39 is 50.3 Å². The maximum atomic E-state index is 13.9. The summed E-state index contributed by atoms with van der Waals surface area (Å²) in [6.45, 7) is 5.08. The molecule has 2 aromatic heterocycles. The minimum absolute atomic E-state index is 0.0961. The van der Waals surface area contributed by atoms with Gasteiger partial charge in [0.2, 0.25) is 5.60 Å². The first-order valence-electron chi connectivity index (χ1n) is 13.5. The molecule has 1 saturated heterocycles. The van der Waals surface area contributed by atoms with Crippen LogP contribution >= 0.6 is 7.75 Å². The number of ether oxygens (including phenoxy) is 2. The smallest absolute Gasteiger partial charge is 0.459 e. The van der Waals surface area contributed by atoms with E-state index in [1.54, 1.807) is 36.4 Å². The average Bonchev–Trinajstić information content (AvgIpc) is 3.53. The summed E-state index contributed by atoms with van der Waals surface area (Å²) in [5.74, 6) is -0.143. The number of anilines is 1. The maximum absolute atomic E-state index is 13.9. The number of benzene rings is 1. The highest BCUT2D eigenvalue weighted by Crippen LogP contribution is 2.47. The standard InChI is InChI=1S/C27H35N6O8P/c1-4-18(5-2)13-38-26(36)17(3)32-42(37,41-19-9-7-6-8-10-19)39-14-21-23(34)24(35)27(15-28,40-21)22-12-11-20-25(29)30-16-31-33(20)22/h6-12,16-18,21,23-24,34-35H,4-5,13-14H2,1-3H3,(H,32,37)(H2,29,30,31). The molecule has 1 aliphatic rings. The molecule has 15 heteroatoms. The molecule has 6 unspecified atom stereocenters. The molecular weight excluding hydrogens is 567 g/mol. The molecule has 0 amide bonds. The lowest BCUT2D eigenvalue weighted by Crippen LogP contribution is -2.41. The molecule has 3 heterocycles. The molecule has 226 valence electrons. The van der Waals surface area contributed by atoms with Crippen molar-refractivity contribution in [1.82, 2.24) is 19.7 Å². The van der Waals surface area contributed by atoms with Crippen molar-refractivity contribution in [3.05, 3.63) is 54.5 Å². The number of aliphatic hydroxyl groups excluding tert-OH is 2. The Morgan fingerprint density at radius 2 is 1.98 bits per heavy atom. The van der Waals surface area contributed by atoms with E-state index in [2.05, 4.69) is 15.2 Å².